The minimum atomic E-state index is -0.999. The number of carboxylic acid groups (broad SMARTS) is 1. The molecule has 0 atom stereocenters. The number of hydrogen-bond acceptors (Lipinski definition) is 2. The topological polar surface area (TPSA) is 60.9 Å². The van der Waals surface area contributed by atoms with Crippen molar-refractivity contribution in [3.63, 3.8) is 0 Å². The summed E-state index contributed by atoms with van der Waals surface area (Å²) in [7, 11) is 1.67. The molecule has 0 saturated carbocycles. The fourth-order valence-electron chi connectivity index (χ4n) is 1.87. The molecule has 2 amide bonds. The van der Waals surface area contributed by atoms with E-state index in [4.69, 9.17) is 5.11 Å². The summed E-state index contributed by atoms with van der Waals surface area (Å²) >= 11 is 3.44. The molecule has 0 aliphatic rings. The first-order valence-electron chi connectivity index (χ1n) is 6.41. The molecule has 1 aromatic carbocycles. The molecule has 1 aromatic rings. The molecule has 6 heteroatoms. The predicted molar refractivity (Wildman–Crippen MR) is 80.5 cm³/mol. The van der Waals surface area contributed by atoms with Crippen LogP contribution in [-0.2, 0) is 11.3 Å². The maximum Gasteiger partial charge on any atom is 0.323 e. The van der Waals surface area contributed by atoms with Crippen LogP contribution in [0.2, 0.25) is 0 Å². The maximum absolute atomic E-state index is 12.3. The molecule has 0 spiro atoms. The van der Waals surface area contributed by atoms with E-state index in [1.54, 1.807) is 7.05 Å². The van der Waals surface area contributed by atoms with Crippen LogP contribution in [0.5, 0.6) is 0 Å². The highest BCUT2D eigenvalue weighted by atomic mass is 79.9. The summed E-state index contributed by atoms with van der Waals surface area (Å²) in [6, 6.07) is 7.37. The number of benzene rings is 1. The number of aliphatic carboxylic acids is 1. The van der Waals surface area contributed by atoms with Crippen LogP contribution < -0.4 is 0 Å². The molecule has 0 unspecified atom stereocenters. The van der Waals surface area contributed by atoms with E-state index >= 15 is 0 Å². The van der Waals surface area contributed by atoms with Gasteiger partial charge in [-0.25, -0.2) is 4.79 Å². The second kappa shape index (κ2) is 7.89. The van der Waals surface area contributed by atoms with Gasteiger partial charge in [0, 0.05) is 24.6 Å². The van der Waals surface area contributed by atoms with Crippen LogP contribution in [0.1, 0.15) is 18.9 Å². The lowest BCUT2D eigenvalue weighted by atomic mass is 10.2. The number of urea groups is 1. The highest BCUT2D eigenvalue weighted by molar-refractivity contribution is 9.10. The SMILES string of the molecule is CCCN(CC(=O)O)C(=O)N(C)Cc1ccccc1Br. The Morgan fingerprint density at radius 1 is 1.30 bits per heavy atom. The lowest BCUT2D eigenvalue weighted by molar-refractivity contribution is -0.137. The fraction of sp³-hybridized carbons (Fsp3) is 0.429. The van der Waals surface area contributed by atoms with Crippen LogP contribution in [0.3, 0.4) is 0 Å². The summed E-state index contributed by atoms with van der Waals surface area (Å²) < 4.78 is 0.930. The highest BCUT2D eigenvalue weighted by Gasteiger charge is 2.20. The molecular formula is C14H19BrN2O3. The number of hydrogen-bond donors (Lipinski definition) is 1. The first-order chi connectivity index (χ1) is 9.45. The third-order valence-corrected chi connectivity index (χ3v) is 3.56. The largest absolute Gasteiger partial charge is 0.480 e. The maximum atomic E-state index is 12.3. The average Bonchev–Trinajstić information content (AvgIpc) is 2.39. The molecule has 0 aliphatic heterocycles. The van der Waals surface area contributed by atoms with E-state index in [1.807, 2.05) is 31.2 Å². The Labute approximate surface area is 127 Å². The van der Waals surface area contributed by atoms with Crippen LogP contribution in [-0.4, -0.2) is 47.0 Å². The van der Waals surface area contributed by atoms with Crippen LogP contribution in [0.4, 0.5) is 4.79 Å². The molecule has 110 valence electrons. The summed E-state index contributed by atoms with van der Waals surface area (Å²) in [5.41, 5.74) is 0.982. The van der Waals surface area contributed by atoms with Crippen molar-refractivity contribution in [2.24, 2.45) is 0 Å². The second-order valence-corrected chi connectivity index (χ2v) is 5.40. The van der Waals surface area contributed by atoms with E-state index < -0.39 is 5.97 Å². The molecule has 0 fully saturated rings. The molecule has 0 heterocycles. The van der Waals surface area contributed by atoms with Gasteiger partial charge in [-0.15, -0.1) is 0 Å². The third-order valence-electron chi connectivity index (χ3n) is 2.78. The zero-order chi connectivity index (χ0) is 15.1. The number of rotatable bonds is 6. The molecule has 0 saturated heterocycles. The van der Waals surface area contributed by atoms with E-state index in [2.05, 4.69) is 15.9 Å². The Bertz CT molecular complexity index is 479. The van der Waals surface area contributed by atoms with Gasteiger partial charge in [0.05, 0.1) is 0 Å². The van der Waals surface area contributed by atoms with Crippen molar-refractivity contribution in [3.8, 4) is 0 Å². The van der Waals surface area contributed by atoms with Gasteiger partial charge in [-0.05, 0) is 18.1 Å². The van der Waals surface area contributed by atoms with E-state index in [9.17, 15) is 9.59 Å². The summed E-state index contributed by atoms with van der Waals surface area (Å²) in [4.78, 5) is 25.9. The minimum absolute atomic E-state index is 0.271. The first-order valence-corrected chi connectivity index (χ1v) is 7.20. The van der Waals surface area contributed by atoms with Gasteiger partial charge in [-0.1, -0.05) is 41.1 Å². The summed E-state index contributed by atoms with van der Waals surface area (Å²) in [6.45, 7) is 2.51. The minimum Gasteiger partial charge on any atom is -0.480 e. The van der Waals surface area contributed by atoms with Gasteiger partial charge in [0.2, 0.25) is 0 Å². The number of halogens is 1. The summed E-state index contributed by atoms with van der Waals surface area (Å²) in [5.74, 6) is -0.999. The fourth-order valence-corrected chi connectivity index (χ4v) is 2.28. The predicted octanol–water partition coefficient (Wildman–Crippen LogP) is 2.80. The van der Waals surface area contributed by atoms with Crippen LogP contribution in [0, 0.1) is 0 Å². The molecular weight excluding hydrogens is 324 g/mol. The van der Waals surface area contributed by atoms with E-state index in [0.717, 1.165) is 16.5 Å². The van der Waals surface area contributed by atoms with Crippen molar-refractivity contribution in [2.45, 2.75) is 19.9 Å². The van der Waals surface area contributed by atoms with Gasteiger partial charge >= 0.3 is 12.0 Å². The molecule has 1 rings (SSSR count). The third kappa shape index (κ3) is 4.85. The van der Waals surface area contributed by atoms with Gasteiger partial charge < -0.3 is 14.9 Å². The first kappa shape index (κ1) is 16.5. The summed E-state index contributed by atoms with van der Waals surface area (Å²) in [5, 5.41) is 8.86. The molecule has 20 heavy (non-hydrogen) atoms. The van der Waals surface area contributed by atoms with Gasteiger partial charge in [0.15, 0.2) is 0 Å². The summed E-state index contributed by atoms with van der Waals surface area (Å²) in [6.07, 6.45) is 0.724. The quantitative estimate of drug-likeness (QED) is 0.864. The van der Waals surface area contributed by atoms with Gasteiger partial charge in [0.1, 0.15) is 6.54 Å². The standard InChI is InChI=1S/C14H19BrN2O3/c1-3-8-17(10-13(18)19)14(20)16(2)9-11-6-4-5-7-12(11)15/h4-7H,3,8-10H2,1-2H3,(H,18,19). The van der Waals surface area contributed by atoms with Crippen LogP contribution in [0.25, 0.3) is 0 Å². The Morgan fingerprint density at radius 2 is 1.95 bits per heavy atom. The lowest BCUT2D eigenvalue weighted by Gasteiger charge is -2.27. The zero-order valence-corrected chi connectivity index (χ0v) is 13.3. The number of carbonyl (C=O) groups is 2. The molecule has 0 aliphatic carbocycles. The van der Waals surface area contributed by atoms with E-state index in [-0.39, 0.29) is 12.6 Å². The van der Waals surface area contributed by atoms with Crippen molar-refractivity contribution in [1.29, 1.82) is 0 Å². The van der Waals surface area contributed by atoms with Gasteiger partial charge in [-0.3, -0.25) is 4.79 Å². The van der Waals surface area contributed by atoms with Crippen molar-refractivity contribution in [2.75, 3.05) is 20.1 Å². The van der Waals surface area contributed by atoms with Crippen molar-refractivity contribution in [1.82, 2.24) is 9.80 Å². The number of carboxylic acids is 1. The zero-order valence-electron chi connectivity index (χ0n) is 11.7. The molecule has 5 nitrogen and oxygen atoms in total. The molecule has 0 radical (unpaired) electrons. The second-order valence-electron chi connectivity index (χ2n) is 4.55. The van der Waals surface area contributed by atoms with E-state index in [1.165, 1.54) is 9.80 Å². The Kier molecular flexibility index (Phi) is 6.51. The Hall–Kier alpha value is -1.56. The smallest absolute Gasteiger partial charge is 0.323 e. The van der Waals surface area contributed by atoms with Crippen LogP contribution >= 0.6 is 15.9 Å². The van der Waals surface area contributed by atoms with Crippen molar-refractivity contribution >= 4 is 27.9 Å². The van der Waals surface area contributed by atoms with Crippen molar-refractivity contribution < 1.29 is 14.7 Å². The highest BCUT2D eigenvalue weighted by Crippen LogP contribution is 2.17. The normalized spacial score (nSPS) is 10.2. The number of amides is 2. The molecule has 0 bridgehead atoms. The van der Waals surface area contributed by atoms with E-state index in [0.29, 0.717) is 13.1 Å². The Morgan fingerprint density at radius 3 is 2.50 bits per heavy atom. The van der Waals surface area contributed by atoms with Gasteiger partial charge in [-0.2, -0.15) is 0 Å². The monoisotopic (exact) mass is 342 g/mol. The number of carbonyl (C=O) groups excluding carboxylic acids is 1. The molecule has 0 aromatic heterocycles. The Balaban J connectivity index is 2.73. The van der Waals surface area contributed by atoms with Gasteiger partial charge in [0.25, 0.3) is 0 Å². The van der Waals surface area contributed by atoms with Crippen molar-refractivity contribution in [3.05, 3.63) is 34.3 Å². The van der Waals surface area contributed by atoms with Crippen LogP contribution in [0.15, 0.2) is 28.7 Å². The molecule has 1 N–H and O–H groups in total. The number of nitrogens with zero attached hydrogens (tertiary/aromatic N) is 2. The lowest BCUT2D eigenvalue weighted by Crippen LogP contribution is -2.43. The average molecular weight is 343 g/mol.